The Hall–Kier alpha value is -3.91. The summed E-state index contributed by atoms with van der Waals surface area (Å²) in [4.78, 5) is 30.0. The number of hydrogen-bond donors (Lipinski definition) is 2. The van der Waals surface area contributed by atoms with Crippen molar-refractivity contribution in [2.75, 3.05) is 16.9 Å². The molecule has 0 spiro atoms. The average molecular weight is 461 g/mol. The average Bonchev–Trinajstić information content (AvgIpc) is 3.27. The molecule has 0 unspecified atom stereocenters. The molecule has 2 N–H and O–H groups in total. The minimum atomic E-state index is -0.373. The van der Waals surface area contributed by atoms with E-state index in [1.165, 1.54) is 30.1 Å². The van der Waals surface area contributed by atoms with Gasteiger partial charge in [0.2, 0.25) is 0 Å². The third-order valence-electron chi connectivity index (χ3n) is 5.10. The van der Waals surface area contributed by atoms with Crippen molar-refractivity contribution in [2.24, 2.45) is 0 Å². The summed E-state index contributed by atoms with van der Waals surface area (Å²) in [5.41, 5.74) is 3.35. The zero-order chi connectivity index (χ0) is 23.4. The summed E-state index contributed by atoms with van der Waals surface area (Å²) in [6, 6.07) is 20.1. The Morgan fingerprint density at radius 3 is 2.15 bits per heavy atom. The number of thioether (sulfide) groups is 1. The van der Waals surface area contributed by atoms with Gasteiger partial charge in [0.05, 0.1) is 6.20 Å². The Labute approximate surface area is 194 Å². The van der Waals surface area contributed by atoms with Crippen LogP contribution in [0.25, 0.3) is 5.69 Å². The van der Waals surface area contributed by atoms with Gasteiger partial charge in [0, 0.05) is 22.6 Å². The minimum absolute atomic E-state index is 0.235. The van der Waals surface area contributed by atoms with E-state index in [1.54, 1.807) is 59.2 Å². The molecule has 2 amide bonds. The number of nitrogens with one attached hydrogen (secondary N) is 2. The zero-order valence-electron chi connectivity index (χ0n) is 18.0. The van der Waals surface area contributed by atoms with Crippen LogP contribution in [0.3, 0.4) is 0 Å². The van der Waals surface area contributed by atoms with Gasteiger partial charge in [-0.15, -0.1) is 0 Å². The Morgan fingerprint density at radius 1 is 0.879 bits per heavy atom. The highest BCUT2D eigenvalue weighted by atomic mass is 32.2. The number of nitrogens with zero attached hydrogens (tertiary/aromatic N) is 2. The Kier molecular flexibility index (Phi) is 6.55. The topological polar surface area (TPSA) is 76.0 Å². The predicted molar refractivity (Wildman–Crippen MR) is 129 cm³/mol. The molecule has 0 saturated heterocycles. The maximum atomic E-state index is 13.4. The second-order valence-corrected chi connectivity index (χ2v) is 7.97. The zero-order valence-corrected chi connectivity index (χ0v) is 18.8. The van der Waals surface area contributed by atoms with Crippen molar-refractivity contribution in [1.82, 2.24) is 9.55 Å². The van der Waals surface area contributed by atoms with Gasteiger partial charge in [-0.2, -0.15) is 0 Å². The Morgan fingerprint density at radius 2 is 1.52 bits per heavy atom. The fraction of sp³-hybridized carbons (Fsp3) is 0.0800. The van der Waals surface area contributed by atoms with Gasteiger partial charge >= 0.3 is 0 Å². The van der Waals surface area contributed by atoms with Crippen LogP contribution in [0.5, 0.6) is 0 Å². The summed E-state index contributed by atoms with van der Waals surface area (Å²) >= 11 is 1.38. The molecule has 4 rings (SSSR count). The third kappa shape index (κ3) is 4.80. The number of amides is 2. The first-order valence-electron chi connectivity index (χ1n) is 10.1. The van der Waals surface area contributed by atoms with Gasteiger partial charge in [-0.25, -0.2) is 9.37 Å². The van der Waals surface area contributed by atoms with E-state index in [1.807, 2.05) is 19.2 Å². The van der Waals surface area contributed by atoms with Crippen LogP contribution in [-0.2, 0) is 0 Å². The first-order valence-corrected chi connectivity index (χ1v) is 11.4. The summed E-state index contributed by atoms with van der Waals surface area (Å²) in [5.74, 6) is -0.969. The number of halogens is 1. The quantitative estimate of drug-likeness (QED) is 0.370. The van der Waals surface area contributed by atoms with Crippen LogP contribution >= 0.6 is 11.8 Å². The highest BCUT2D eigenvalue weighted by molar-refractivity contribution is 7.98. The van der Waals surface area contributed by atoms with Gasteiger partial charge in [0.15, 0.2) is 5.16 Å². The molecule has 33 heavy (non-hydrogen) atoms. The first-order chi connectivity index (χ1) is 16.0. The van der Waals surface area contributed by atoms with Gasteiger partial charge in [-0.3, -0.25) is 14.2 Å². The molecule has 1 heterocycles. The minimum Gasteiger partial charge on any atom is -0.322 e. The van der Waals surface area contributed by atoms with E-state index in [-0.39, 0.29) is 17.6 Å². The smallest absolute Gasteiger partial charge is 0.274 e. The highest BCUT2D eigenvalue weighted by Gasteiger charge is 2.19. The van der Waals surface area contributed by atoms with E-state index in [2.05, 4.69) is 15.6 Å². The second kappa shape index (κ2) is 9.70. The summed E-state index contributed by atoms with van der Waals surface area (Å²) in [5, 5.41) is 6.40. The van der Waals surface area contributed by atoms with Crippen LogP contribution in [0.15, 0.2) is 84.1 Å². The molecule has 0 aliphatic heterocycles. The van der Waals surface area contributed by atoms with Crippen molar-refractivity contribution in [3.05, 3.63) is 102 Å². The number of aromatic nitrogens is 2. The predicted octanol–water partition coefficient (Wildman–Crippen LogP) is 5.55. The van der Waals surface area contributed by atoms with Crippen LogP contribution in [0, 0.1) is 12.7 Å². The molecule has 4 aromatic rings. The molecule has 6 nitrogen and oxygen atoms in total. The number of carbonyl (C=O) groups is 2. The molecule has 3 aromatic carbocycles. The lowest BCUT2D eigenvalue weighted by Gasteiger charge is -2.15. The number of carbonyl (C=O) groups excluding carboxylic acids is 2. The SMILES string of the molecule is CSc1ncc(C(=O)Nc2cccc(NC(=O)c3ccccc3)c2C)n1-c1ccc(F)cc1. The number of imidazole rings is 1. The standard InChI is InChI=1S/C25H21FN4O2S/c1-16-20(28-23(31)17-7-4-3-5-8-17)9-6-10-21(16)29-24(32)22-15-27-25(33-2)30(22)19-13-11-18(26)12-14-19/h3-15H,1-2H3,(H,28,31)(H,29,32). The lowest BCUT2D eigenvalue weighted by atomic mass is 10.1. The summed E-state index contributed by atoms with van der Waals surface area (Å²) in [7, 11) is 0. The molecule has 166 valence electrons. The van der Waals surface area contributed by atoms with Crippen LogP contribution in [0.4, 0.5) is 15.8 Å². The van der Waals surface area contributed by atoms with Gasteiger partial charge in [-0.1, -0.05) is 36.0 Å². The van der Waals surface area contributed by atoms with Crippen molar-refractivity contribution in [2.45, 2.75) is 12.1 Å². The molecular weight excluding hydrogens is 439 g/mol. The molecule has 0 aliphatic rings. The second-order valence-electron chi connectivity index (χ2n) is 7.19. The molecular formula is C25H21FN4O2S. The summed E-state index contributed by atoms with van der Waals surface area (Å²) < 4.78 is 15.1. The number of rotatable bonds is 6. The number of anilines is 2. The van der Waals surface area contributed by atoms with Crippen molar-refractivity contribution >= 4 is 35.0 Å². The Bertz CT molecular complexity index is 1300. The fourth-order valence-electron chi connectivity index (χ4n) is 3.36. The van der Waals surface area contributed by atoms with E-state index in [9.17, 15) is 14.0 Å². The molecule has 0 atom stereocenters. The van der Waals surface area contributed by atoms with Gasteiger partial charge in [0.1, 0.15) is 11.5 Å². The lowest BCUT2D eigenvalue weighted by molar-refractivity contribution is 0.101. The summed E-state index contributed by atoms with van der Waals surface area (Å²) in [6.45, 7) is 1.82. The third-order valence-corrected chi connectivity index (χ3v) is 5.75. The number of hydrogen-bond acceptors (Lipinski definition) is 4. The van der Waals surface area contributed by atoms with Crippen LogP contribution in [-0.4, -0.2) is 27.6 Å². The van der Waals surface area contributed by atoms with Gasteiger partial charge < -0.3 is 10.6 Å². The van der Waals surface area contributed by atoms with Crippen molar-refractivity contribution < 1.29 is 14.0 Å². The number of benzene rings is 3. The van der Waals surface area contributed by atoms with Crippen molar-refractivity contribution in [3.63, 3.8) is 0 Å². The van der Waals surface area contributed by atoms with Crippen molar-refractivity contribution in [3.8, 4) is 5.69 Å². The molecule has 0 saturated carbocycles. The highest BCUT2D eigenvalue weighted by Crippen LogP contribution is 2.26. The monoisotopic (exact) mass is 460 g/mol. The molecule has 8 heteroatoms. The van der Waals surface area contributed by atoms with Crippen LogP contribution < -0.4 is 10.6 Å². The van der Waals surface area contributed by atoms with Gasteiger partial charge in [0.25, 0.3) is 11.8 Å². The summed E-state index contributed by atoms with van der Waals surface area (Å²) in [6.07, 6.45) is 3.34. The van der Waals surface area contributed by atoms with E-state index in [0.717, 1.165) is 0 Å². The van der Waals surface area contributed by atoms with Crippen molar-refractivity contribution in [1.29, 1.82) is 0 Å². The molecule has 0 radical (unpaired) electrons. The maximum absolute atomic E-state index is 13.4. The fourth-order valence-corrected chi connectivity index (χ4v) is 3.90. The van der Waals surface area contributed by atoms with E-state index < -0.39 is 0 Å². The largest absolute Gasteiger partial charge is 0.322 e. The van der Waals surface area contributed by atoms with Gasteiger partial charge in [-0.05, 0) is 67.3 Å². The maximum Gasteiger partial charge on any atom is 0.274 e. The van der Waals surface area contributed by atoms with E-state index >= 15 is 0 Å². The Balaban J connectivity index is 1.60. The van der Waals surface area contributed by atoms with E-state index in [4.69, 9.17) is 0 Å². The molecule has 0 bridgehead atoms. The molecule has 0 fully saturated rings. The lowest BCUT2D eigenvalue weighted by Crippen LogP contribution is -2.18. The van der Waals surface area contributed by atoms with E-state index in [0.29, 0.717) is 39.0 Å². The van der Waals surface area contributed by atoms with Crippen LogP contribution in [0.2, 0.25) is 0 Å². The normalized spacial score (nSPS) is 10.6. The molecule has 1 aromatic heterocycles. The first kappa shape index (κ1) is 22.3. The van der Waals surface area contributed by atoms with Crippen LogP contribution in [0.1, 0.15) is 26.4 Å². The molecule has 0 aliphatic carbocycles.